The molecule has 2 heterocycles. The Kier molecular flexibility index (Phi) is 2.29. The van der Waals surface area contributed by atoms with Crippen molar-refractivity contribution in [2.45, 2.75) is 18.4 Å². The molecule has 1 aliphatic rings. The molecule has 0 aliphatic carbocycles. The van der Waals surface area contributed by atoms with E-state index in [1.165, 1.54) is 0 Å². The number of rotatable bonds is 2. The number of aliphatic hydroxyl groups is 1. The largest absolute Gasteiger partial charge is 0.388 e. The summed E-state index contributed by atoms with van der Waals surface area (Å²) >= 11 is 0. The molecule has 1 fully saturated rings. The molecule has 0 bridgehead atoms. The van der Waals surface area contributed by atoms with Crippen LogP contribution in [0.15, 0.2) is 24.4 Å². The van der Waals surface area contributed by atoms with E-state index in [0.717, 1.165) is 18.7 Å². The van der Waals surface area contributed by atoms with Gasteiger partial charge in [0.1, 0.15) is 0 Å². The molecule has 1 atom stereocenters. The lowest BCUT2D eigenvalue weighted by Gasteiger charge is -2.20. The van der Waals surface area contributed by atoms with Gasteiger partial charge in [0, 0.05) is 24.9 Å². The first kappa shape index (κ1) is 8.66. The van der Waals surface area contributed by atoms with E-state index >= 15 is 0 Å². The zero-order valence-electron chi connectivity index (χ0n) is 7.53. The summed E-state index contributed by atoms with van der Waals surface area (Å²) in [6, 6.07) is 5.80. The molecule has 2 rings (SSSR count). The highest BCUT2D eigenvalue weighted by molar-refractivity contribution is 5.08. The van der Waals surface area contributed by atoms with Crippen molar-refractivity contribution in [3.63, 3.8) is 0 Å². The molecule has 0 spiro atoms. The molecule has 0 radical (unpaired) electrons. The maximum absolute atomic E-state index is 10.0. The Hall–Kier alpha value is -0.930. The van der Waals surface area contributed by atoms with Gasteiger partial charge in [-0.05, 0) is 25.1 Å². The first-order valence-corrected chi connectivity index (χ1v) is 4.62. The third-order valence-corrected chi connectivity index (χ3v) is 2.46. The zero-order chi connectivity index (χ0) is 9.15. The van der Waals surface area contributed by atoms with Crippen molar-refractivity contribution in [3.8, 4) is 0 Å². The number of hydrogen-bond donors (Lipinski definition) is 2. The normalized spacial score (nSPS) is 27.8. The van der Waals surface area contributed by atoms with Crippen molar-refractivity contribution in [1.82, 2.24) is 10.3 Å². The van der Waals surface area contributed by atoms with Gasteiger partial charge in [0.25, 0.3) is 0 Å². The predicted molar refractivity (Wildman–Crippen MR) is 50.4 cm³/mol. The fourth-order valence-electron chi connectivity index (χ4n) is 1.72. The molecule has 3 nitrogen and oxygen atoms in total. The standard InChI is InChI=1S/C10H14N2O/c13-10(4-6-11-8-10)7-9-3-1-2-5-12-9/h1-3,5,11,13H,4,6-8H2. The first-order valence-electron chi connectivity index (χ1n) is 4.62. The minimum absolute atomic E-state index is 0.575. The van der Waals surface area contributed by atoms with Crippen LogP contribution in [-0.2, 0) is 6.42 Å². The molecule has 1 saturated heterocycles. The van der Waals surface area contributed by atoms with Gasteiger partial charge < -0.3 is 10.4 Å². The molecular weight excluding hydrogens is 164 g/mol. The van der Waals surface area contributed by atoms with Crippen LogP contribution in [0.4, 0.5) is 0 Å². The van der Waals surface area contributed by atoms with Crippen LogP contribution in [0, 0.1) is 0 Å². The fraction of sp³-hybridized carbons (Fsp3) is 0.500. The highest BCUT2D eigenvalue weighted by atomic mass is 16.3. The van der Waals surface area contributed by atoms with Gasteiger partial charge in [-0.2, -0.15) is 0 Å². The summed E-state index contributed by atoms with van der Waals surface area (Å²) in [4.78, 5) is 4.20. The smallest absolute Gasteiger partial charge is 0.0838 e. The van der Waals surface area contributed by atoms with E-state index in [-0.39, 0.29) is 0 Å². The Morgan fingerprint density at radius 2 is 2.46 bits per heavy atom. The van der Waals surface area contributed by atoms with E-state index in [9.17, 15) is 5.11 Å². The van der Waals surface area contributed by atoms with Crippen LogP contribution in [0.1, 0.15) is 12.1 Å². The fourth-order valence-corrected chi connectivity index (χ4v) is 1.72. The number of hydrogen-bond acceptors (Lipinski definition) is 3. The first-order chi connectivity index (χ1) is 6.29. The molecule has 1 aliphatic heterocycles. The molecule has 0 amide bonds. The molecule has 13 heavy (non-hydrogen) atoms. The average Bonchev–Trinajstić information content (AvgIpc) is 2.54. The van der Waals surface area contributed by atoms with Gasteiger partial charge in [-0.1, -0.05) is 6.07 Å². The summed E-state index contributed by atoms with van der Waals surface area (Å²) in [6.45, 7) is 1.59. The van der Waals surface area contributed by atoms with Gasteiger partial charge >= 0.3 is 0 Å². The van der Waals surface area contributed by atoms with Crippen LogP contribution in [-0.4, -0.2) is 28.8 Å². The van der Waals surface area contributed by atoms with E-state index in [2.05, 4.69) is 10.3 Å². The van der Waals surface area contributed by atoms with Crippen LogP contribution >= 0.6 is 0 Å². The van der Waals surface area contributed by atoms with E-state index < -0.39 is 5.60 Å². The molecule has 70 valence electrons. The van der Waals surface area contributed by atoms with Gasteiger partial charge in [0.05, 0.1) is 5.60 Å². The van der Waals surface area contributed by atoms with Crippen LogP contribution in [0.3, 0.4) is 0 Å². The molecule has 0 aromatic carbocycles. The Labute approximate surface area is 77.8 Å². The summed E-state index contributed by atoms with van der Waals surface area (Å²) in [5, 5.41) is 13.2. The Bertz CT molecular complexity index is 268. The second-order valence-electron chi connectivity index (χ2n) is 3.65. The van der Waals surface area contributed by atoms with Crippen LogP contribution < -0.4 is 5.32 Å². The highest BCUT2D eigenvalue weighted by Crippen LogP contribution is 2.18. The van der Waals surface area contributed by atoms with Gasteiger partial charge in [0.2, 0.25) is 0 Å². The molecule has 1 aromatic heterocycles. The Morgan fingerprint density at radius 1 is 1.54 bits per heavy atom. The van der Waals surface area contributed by atoms with Gasteiger partial charge in [0.15, 0.2) is 0 Å². The van der Waals surface area contributed by atoms with Gasteiger partial charge in [-0.3, -0.25) is 4.98 Å². The zero-order valence-corrected chi connectivity index (χ0v) is 7.53. The minimum atomic E-state index is -0.575. The molecule has 1 unspecified atom stereocenters. The second kappa shape index (κ2) is 3.44. The molecule has 1 aromatic rings. The monoisotopic (exact) mass is 178 g/mol. The second-order valence-corrected chi connectivity index (χ2v) is 3.65. The SMILES string of the molecule is OC1(Cc2ccccn2)CCNC1. The summed E-state index contributed by atoms with van der Waals surface area (Å²) < 4.78 is 0. The number of nitrogens with one attached hydrogen (secondary N) is 1. The van der Waals surface area contributed by atoms with Crippen molar-refractivity contribution >= 4 is 0 Å². The average molecular weight is 178 g/mol. The van der Waals surface area contributed by atoms with Crippen LogP contribution in [0.5, 0.6) is 0 Å². The quantitative estimate of drug-likeness (QED) is 0.687. The van der Waals surface area contributed by atoms with Crippen molar-refractivity contribution in [3.05, 3.63) is 30.1 Å². The number of nitrogens with zero attached hydrogens (tertiary/aromatic N) is 1. The summed E-state index contributed by atoms with van der Waals surface area (Å²) in [5.74, 6) is 0. The lowest BCUT2D eigenvalue weighted by atomic mass is 9.97. The van der Waals surface area contributed by atoms with Crippen LogP contribution in [0.2, 0.25) is 0 Å². The maximum atomic E-state index is 10.0. The lowest BCUT2D eigenvalue weighted by Crippen LogP contribution is -2.34. The molecule has 0 saturated carbocycles. The van der Waals surface area contributed by atoms with E-state index in [1.807, 2.05) is 18.2 Å². The minimum Gasteiger partial charge on any atom is -0.388 e. The van der Waals surface area contributed by atoms with Crippen molar-refractivity contribution in [1.29, 1.82) is 0 Å². The van der Waals surface area contributed by atoms with Crippen molar-refractivity contribution in [2.75, 3.05) is 13.1 Å². The number of pyridine rings is 1. The third-order valence-electron chi connectivity index (χ3n) is 2.46. The Morgan fingerprint density at radius 3 is 3.08 bits per heavy atom. The molecule has 2 N–H and O–H groups in total. The topological polar surface area (TPSA) is 45.2 Å². The predicted octanol–water partition coefficient (Wildman–Crippen LogP) is 0.348. The number of β-amino-alcohol motifs (C(OH)–C–C–N with tert-alkyl or cyclic N) is 1. The van der Waals surface area contributed by atoms with E-state index in [1.54, 1.807) is 6.20 Å². The third kappa shape index (κ3) is 2.05. The lowest BCUT2D eigenvalue weighted by molar-refractivity contribution is 0.0609. The maximum Gasteiger partial charge on any atom is 0.0838 e. The highest BCUT2D eigenvalue weighted by Gasteiger charge is 2.31. The summed E-state index contributed by atoms with van der Waals surface area (Å²) in [5.41, 5.74) is 0.391. The summed E-state index contributed by atoms with van der Waals surface area (Å²) in [6.07, 6.45) is 3.24. The van der Waals surface area contributed by atoms with Crippen LogP contribution in [0.25, 0.3) is 0 Å². The van der Waals surface area contributed by atoms with Gasteiger partial charge in [-0.15, -0.1) is 0 Å². The van der Waals surface area contributed by atoms with Crippen molar-refractivity contribution < 1.29 is 5.11 Å². The van der Waals surface area contributed by atoms with E-state index in [0.29, 0.717) is 13.0 Å². The number of aromatic nitrogens is 1. The van der Waals surface area contributed by atoms with Gasteiger partial charge in [-0.25, -0.2) is 0 Å². The molecule has 3 heteroatoms. The van der Waals surface area contributed by atoms with E-state index in [4.69, 9.17) is 0 Å². The Balaban J connectivity index is 2.05. The van der Waals surface area contributed by atoms with Crippen molar-refractivity contribution in [2.24, 2.45) is 0 Å². The summed E-state index contributed by atoms with van der Waals surface area (Å²) in [7, 11) is 0. The molecular formula is C10H14N2O.